The molecular weight excluding hydrogens is 245 g/mol. The number of halogens is 3. The second-order valence-electron chi connectivity index (χ2n) is 4.82. The lowest BCUT2D eigenvalue weighted by molar-refractivity contribution is -0.148. The van der Waals surface area contributed by atoms with Gasteiger partial charge < -0.3 is 4.74 Å². The highest BCUT2D eigenvalue weighted by Crippen LogP contribution is 2.46. The van der Waals surface area contributed by atoms with Gasteiger partial charge in [0, 0.05) is 0 Å². The van der Waals surface area contributed by atoms with Crippen molar-refractivity contribution in [2.24, 2.45) is 0 Å². The van der Waals surface area contributed by atoms with Crippen molar-refractivity contribution in [3.63, 3.8) is 0 Å². The summed E-state index contributed by atoms with van der Waals surface area (Å²) in [6, 6.07) is 2.18. The molecule has 1 aromatic carbocycles. The van der Waals surface area contributed by atoms with Crippen LogP contribution in [0.1, 0.15) is 29.2 Å². The van der Waals surface area contributed by atoms with E-state index < -0.39 is 23.1 Å². The molecule has 1 aliphatic rings. The molecule has 0 bridgehead atoms. The van der Waals surface area contributed by atoms with E-state index >= 15 is 0 Å². The Morgan fingerprint density at radius 3 is 2.50 bits per heavy atom. The molecule has 0 saturated heterocycles. The van der Waals surface area contributed by atoms with Crippen molar-refractivity contribution in [1.29, 1.82) is 0 Å². The van der Waals surface area contributed by atoms with Crippen LogP contribution in [-0.4, -0.2) is 13.1 Å². The average molecular weight is 258 g/mol. The van der Waals surface area contributed by atoms with Crippen LogP contribution in [-0.2, 0) is 27.5 Å². The Labute approximate surface area is 103 Å². The lowest BCUT2D eigenvalue weighted by Gasteiger charge is -2.40. The van der Waals surface area contributed by atoms with E-state index in [4.69, 9.17) is 0 Å². The average Bonchev–Trinajstić information content (AvgIpc) is 2.27. The third-order valence-electron chi connectivity index (χ3n) is 3.56. The number of ether oxygens (including phenoxy) is 1. The molecule has 0 aromatic heterocycles. The fourth-order valence-electron chi connectivity index (χ4n) is 2.46. The van der Waals surface area contributed by atoms with E-state index in [0.29, 0.717) is 17.5 Å². The monoisotopic (exact) mass is 258 g/mol. The van der Waals surface area contributed by atoms with Crippen LogP contribution in [0, 0.1) is 6.92 Å². The standard InChI is InChI=1S/C13H13F3O2/c1-7-4-8(13(14,15)16)5-10-9(7)6-12(10,2)11(17)18-3/h4-5H,6H2,1-3H3. The van der Waals surface area contributed by atoms with Crippen molar-refractivity contribution in [2.45, 2.75) is 31.9 Å². The largest absolute Gasteiger partial charge is 0.468 e. The van der Waals surface area contributed by atoms with Gasteiger partial charge in [0.25, 0.3) is 0 Å². The maximum absolute atomic E-state index is 12.7. The Kier molecular flexibility index (Phi) is 2.68. The third-order valence-corrected chi connectivity index (χ3v) is 3.56. The molecule has 0 heterocycles. The van der Waals surface area contributed by atoms with Crippen molar-refractivity contribution >= 4 is 5.97 Å². The van der Waals surface area contributed by atoms with E-state index in [9.17, 15) is 18.0 Å². The number of aryl methyl sites for hydroxylation is 1. The third kappa shape index (κ3) is 1.69. The summed E-state index contributed by atoms with van der Waals surface area (Å²) in [5, 5.41) is 0. The molecule has 1 atom stereocenters. The van der Waals surface area contributed by atoms with Gasteiger partial charge in [-0.15, -0.1) is 0 Å². The van der Waals surface area contributed by atoms with Crippen molar-refractivity contribution < 1.29 is 22.7 Å². The number of carbonyl (C=O) groups excluding carboxylic acids is 1. The highest BCUT2D eigenvalue weighted by atomic mass is 19.4. The summed E-state index contributed by atoms with van der Waals surface area (Å²) in [6.45, 7) is 3.24. The van der Waals surface area contributed by atoms with Crippen LogP contribution in [0.15, 0.2) is 12.1 Å². The molecule has 0 N–H and O–H groups in total. The van der Waals surface area contributed by atoms with Gasteiger partial charge in [0.05, 0.1) is 18.1 Å². The van der Waals surface area contributed by atoms with Gasteiger partial charge in [-0.1, -0.05) is 0 Å². The molecule has 2 rings (SSSR count). The molecule has 1 unspecified atom stereocenters. The van der Waals surface area contributed by atoms with Gasteiger partial charge in [-0.2, -0.15) is 13.2 Å². The Morgan fingerprint density at radius 1 is 1.39 bits per heavy atom. The minimum Gasteiger partial charge on any atom is -0.468 e. The molecule has 98 valence electrons. The number of benzene rings is 1. The number of hydrogen-bond donors (Lipinski definition) is 0. The first-order chi connectivity index (χ1) is 8.20. The smallest absolute Gasteiger partial charge is 0.416 e. The van der Waals surface area contributed by atoms with E-state index in [1.165, 1.54) is 7.11 Å². The number of fused-ring (bicyclic) bond motifs is 1. The molecule has 5 heteroatoms. The molecule has 0 fully saturated rings. The van der Waals surface area contributed by atoms with Gasteiger partial charge in [-0.25, -0.2) is 0 Å². The Balaban J connectivity index is 2.53. The molecule has 1 aliphatic carbocycles. The van der Waals surface area contributed by atoms with Crippen LogP contribution in [0.2, 0.25) is 0 Å². The summed E-state index contributed by atoms with van der Waals surface area (Å²) >= 11 is 0. The van der Waals surface area contributed by atoms with Gasteiger partial charge in [-0.05, 0) is 49.1 Å². The van der Waals surface area contributed by atoms with Crippen LogP contribution < -0.4 is 0 Å². The highest BCUT2D eigenvalue weighted by Gasteiger charge is 2.48. The zero-order valence-corrected chi connectivity index (χ0v) is 10.3. The van der Waals surface area contributed by atoms with E-state index in [1.807, 2.05) is 0 Å². The Hall–Kier alpha value is -1.52. The van der Waals surface area contributed by atoms with Crippen LogP contribution in [0.25, 0.3) is 0 Å². The molecule has 1 aromatic rings. The molecule has 18 heavy (non-hydrogen) atoms. The fourth-order valence-corrected chi connectivity index (χ4v) is 2.46. The maximum atomic E-state index is 12.7. The van der Waals surface area contributed by atoms with Crippen LogP contribution in [0.4, 0.5) is 13.2 Å². The molecule has 0 spiro atoms. The molecule has 0 aliphatic heterocycles. The van der Waals surface area contributed by atoms with E-state index in [0.717, 1.165) is 17.7 Å². The minimum absolute atomic E-state index is 0.430. The van der Waals surface area contributed by atoms with E-state index in [-0.39, 0.29) is 0 Å². The minimum atomic E-state index is -4.40. The first kappa shape index (κ1) is 12.9. The quantitative estimate of drug-likeness (QED) is 0.724. The van der Waals surface area contributed by atoms with Crippen molar-refractivity contribution in [2.75, 3.05) is 7.11 Å². The number of hydrogen-bond acceptors (Lipinski definition) is 2. The number of esters is 1. The van der Waals surface area contributed by atoms with Gasteiger partial charge >= 0.3 is 12.1 Å². The molecule has 0 radical (unpaired) electrons. The van der Waals surface area contributed by atoms with Gasteiger partial charge in [0.1, 0.15) is 0 Å². The molecule has 0 saturated carbocycles. The van der Waals surface area contributed by atoms with Crippen LogP contribution in [0.5, 0.6) is 0 Å². The predicted octanol–water partition coefficient (Wildman–Crippen LogP) is 3.00. The Morgan fingerprint density at radius 2 is 2.00 bits per heavy atom. The molecular formula is C13H13F3O2. The van der Waals surface area contributed by atoms with Crippen LogP contribution >= 0.6 is 0 Å². The lowest BCUT2D eigenvalue weighted by Crippen LogP contribution is -2.45. The molecule has 0 amide bonds. The van der Waals surface area contributed by atoms with Gasteiger partial charge in [-0.3, -0.25) is 4.79 Å². The predicted molar refractivity (Wildman–Crippen MR) is 59.3 cm³/mol. The van der Waals surface area contributed by atoms with Crippen molar-refractivity contribution in [3.8, 4) is 0 Å². The van der Waals surface area contributed by atoms with Crippen LogP contribution in [0.3, 0.4) is 0 Å². The van der Waals surface area contributed by atoms with E-state index in [2.05, 4.69) is 4.74 Å². The van der Waals surface area contributed by atoms with E-state index in [1.54, 1.807) is 13.8 Å². The first-order valence-electron chi connectivity index (χ1n) is 5.50. The molecule has 2 nitrogen and oxygen atoms in total. The maximum Gasteiger partial charge on any atom is 0.416 e. The Bertz CT molecular complexity index is 520. The normalized spacial score (nSPS) is 22.1. The zero-order valence-electron chi connectivity index (χ0n) is 10.3. The number of alkyl halides is 3. The van der Waals surface area contributed by atoms with Crippen molar-refractivity contribution in [1.82, 2.24) is 0 Å². The fraction of sp³-hybridized carbons (Fsp3) is 0.462. The number of methoxy groups -OCH3 is 1. The first-order valence-corrected chi connectivity index (χ1v) is 5.50. The zero-order chi connectivity index (χ0) is 13.7. The second kappa shape index (κ2) is 3.73. The lowest BCUT2D eigenvalue weighted by atomic mass is 9.63. The summed E-state index contributed by atoms with van der Waals surface area (Å²) in [6.07, 6.45) is -3.97. The number of rotatable bonds is 1. The summed E-state index contributed by atoms with van der Waals surface area (Å²) in [7, 11) is 1.24. The summed E-state index contributed by atoms with van der Waals surface area (Å²) in [5.41, 5.74) is 0.156. The summed E-state index contributed by atoms with van der Waals surface area (Å²) in [5.74, 6) is -0.492. The second-order valence-corrected chi connectivity index (χ2v) is 4.82. The highest BCUT2D eigenvalue weighted by molar-refractivity contribution is 5.87. The summed E-state index contributed by atoms with van der Waals surface area (Å²) in [4.78, 5) is 11.6. The SMILES string of the molecule is COC(=O)C1(C)Cc2c(C)cc(C(F)(F)F)cc21. The van der Waals surface area contributed by atoms with Gasteiger partial charge in [0.15, 0.2) is 0 Å². The van der Waals surface area contributed by atoms with Crippen molar-refractivity contribution in [3.05, 3.63) is 34.4 Å². The number of carbonyl (C=O) groups is 1. The van der Waals surface area contributed by atoms with Gasteiger partial charge in [0.2, 0.25) is 0 Å². The summed E-state index contributed by atoms with van der Waals surface area (Å²) < 4.78 is 42.8. The topological polar surface area (TPSA) is 26.3 Å².